The van der Waals surface area contributed by atoms with Crippen molar-refractivity contribution in [1.82, 2.24) is 19.8 Å². The van der Waals surface area contributed by atoms with Crippen LogP contribution in [0.4, 0.5) is 5.69 Å². The molecule has 0 spiro atoms. The van der Waals surface area contributed by atoms with Gasteiger partial charge in [-0.3, -0.25) is 19.6 Å². The lowest BCUT2D eigenvalue weighted by Gasteiger charge is -2.37. The highest BCUT2D eigenvalue weighted by atomic mass is 16.2. The Hall–Kier alpha value is -2.96. The van der Waals surface area contributed by atoms with Crippen LogP contribution in [-0.2, 0) is 16.1 Å². The third kappa shape index (κ3) is 3.92. The van der Waals surface area contributed by atoms with E-state index in [1.54, 1.807) is 23.5 Å². The average molecular weight is 365 g/mol. The van der Waals surface area contributed by atoms with Crippen molar-refractivity contribution < 1.29 is 9.59 Å². The van der Waals surface area contributed by atoms with Crippen molar-refractivity contribution in [3.63, 3.8) is 0 Å². The molecule has 0 aliphatic carbocycles. The fourth-order valence-electron chi connectivity index (χ4n) is 3.78. The number of pyridine rings is 2. The van der Waals surface area contributed by atoms with Crippen LogP contribution in [0.25, 0.3) is 0 Å². The summed E-state index contributed by atoms with van der Waals surface area (Å²) in [6.07, 6.45) is 5.59. The van der Waals surface area contributed by atoms with Gasteiger partial charge in [0.1, 0.15) is 0 Å². The molecule has 2 aromatic rings. The van der Waals surface area contributed by atoms with Gasteiger partial charge in [-0.2, -0.15) is 0 Å². The normalized spacial score (nSPS) is 20.2. The molecule has 0 N–H and O–H groups in total. The summed E-state index contributed by atoms with van der Waals surface area (Å²) in [5.41, 5.74) is 1.99. The number of nitrogens with zero attached hydrogens (tertiary/aromatic N) is 5. The van der Waals surface area contributed by atoms with Gasteiger partial charge in [0, 0.05) is 63.4 Å². The highest BCUT2D eigenvalue weighted by molar-refractivity contribution is 5.89. The third-order valence-corrected chi connectivity index (χ3v) is 5.26. The van der Waals surface area contributed by atoms with E-state index in [9.17, 15) is 9.59 Å². The minimum atomic E-state index is -0.242. The topological polar surface area (TPSA) is 69.6 Å². The maximum absolute atomic E-state index is 12.9. The van der Waals surface area contributed by atoms with Crippen LogP contribution in [0.2, 0.25) is 0 Å². The summed E-state index contributed by atoms with van der Waals surface area (Å²) < 4.78 is 0. The number of anilines is 1. The van der Waals surface area contributed by atoms with Crippen LogP contribution in [0.5, 0.6) is 0 Å². The Balaban J connectivity index is 1.32. The minimum absolute atomic E-state index is 0.0365. The van der Waals surface area contributed by atoms with Crippen LogP contribution in [0.15, 0.2) is 48.9 Å². The molecule has 2 aliphatic heterocycles. The molecule has 2 amide bonds. The largest absolute Gasteiger partial charge is 0.368 e. The molecule has 2 saturated heterocycles. The summed E-state index contributed by atoms with van der Waals surface area (Å²) in [6, 6.07) is 9.65. The Morgan fingerprint density at radius 3 is 2.52 bits per heavy atom. The van der Waals surface area contributed by atoms with Gasteiger partial charge in [0.05, 0.1) is 18.2 Å². The summed E-state index contributed by atoms with van der Waals surface area (Å²) in [5.74, 6) is -0.107. The molecule has 140 valence electrons. The summed E-state index contributed by atoms with van der Waals surface area (Å²) in [6.45, 7) is 3.93. The molecule has 1 atom stereocenters. The summed E-state index contributed by atoms with van der Waals surface area (Å²) >= 11 is 0. The first kappa shape index (κ1) is 17.5. The molecule has 27 heavy (non-hydrogen) atoms. The lowest BCUT2D eigenvalue weighted by molar-refractivity contribution is -0.136. The minimum Gasteiger partial charge on any atom is -0.368 e. The number of carbonyl (C=O) groups excluding carboxylic acids is 2. The van der Waals surface area contributed by atoms with Crippen molar-refractivity contribution in [3.05, 3.63) is 54.6 Å². The van der Waals surface area contributed by atoms with Gasteiger partial charge in [-0.1, -0.05) is 6.07 Å². The number of hydrogen-bond donors (Lipinski definition) is 0. The highest BCUT2D eigenvalue weighted by Gasteiger charge is 2.37. The fourth-order valence-corrected chi connectivity index (χ4v) is 3.78. The van der Waals surface area contributed by atoms with Crippen LogP contribution in [0.3, 0.4) is 0 Å². The summed E-state index contributed by atoms with van der Waals surface area (Å²) in [4.78, 5) is 39.5. The van der Waals surface area contributed by atoms with E-state index in [1.165, 1.54) is 0 Å². The molecule has 0 radical (unpaired) electrons. The van der Waals surface area contributed by atoms with Gasteiger partial charge in [0.15, 0.2) is 0 Å². The van der Waals surface area contributed by atoms with E-state index in [0.717, 1.165) is 24.5 Å². The molecule has 0 unspecified atom stereocenters. The molecule has 7 heteroatoms. The van der Waals surface area contributed by atoms with Gasteiger partial charge < -0.3 is 14.7 Å². The van der Waals surface area contributed by atoms with Gasteiger partial charge in [0.2, 0.25) is 11.8 Å². The van der Waals surface area contributed by atoms with Crippen molar-refractivity contribution in [2.75, 3.05) is 37.6 Å². The summed E-state index contributed by atoms with van der Waals surface area (Å²) in [7, 11) is 0. The van der Waals surface area contributed by atoms with E-state index in [1.807, 2.05) is 35.2 Å². The number of hydrogen-bond acceptors (Lipinski definition) is 5. The van der Waals surface area contributed by atoms with E-state index in [-0.39, 0.29) is 17.7 Å². The van der Waals surface area contributed by atoms with Crippen LogP contribution in [0, 0.1) is 5.92 Å². The Labute approximate surface area is 158 Å². The lowest BCUT2D eigenvalue weighted by Crippen LogP contribution is -2.50. The monoisotopic (exact) mass is 365 g/mol. The first-order chi connectivity index (χ1) is 13.2. The predicted molar refractivity (Wildman–Crippen MR) is 101 cm³/mol. The van der Waals surface area contributed by atoms with Gasteiger partial charge >= 0.3 is 0 Å². The van der Waals surface area contributed by atoms with Crippen LogP contribution in [0.1, 0.15) is 12.1 Å². The number of piperazine rings is 1. The number of likely N-dealkylation sites (tertiary alicyclic amines) is 1. The van der Waals surface area contributed by atoms with Crippen molar-refractivity contribution in [3.8, 4) is 0 Å². The predicted octanol–water partition coefficient (Wildman–Crippen LogP) is 1.17. The van der Waals surface area contributed by atoms with Crippen LogP contribution >= 0.6 is 0 Å². The second-order valence-corrected chi connectivity index (χ2v) is 7.01. The SMILES string of the molecule is O=C1C[C@@H](C(=O)N2CCN(c3ccncc3)CC2)CN1Cc1ccccn1. The quantitative estimate of drug-likeness (QED) is 0.814. The van der Waals surface area contributed by atoms with Crippen molar-refractivity contribution >= 4 is 17.5 Å². The second kappa shape index (κ2) is 7.73. The van der Waals surface area contributed by atoms with Gasteiger partial charge in [0.25, 0.3) is 0 Å². The molecule has 2 aromatic heterocycles. The standard InChI is InChI=1S/C20H23N5O2/c26-19-13-16(14-25(19)15-17-3-1-2-6-22-17)20(27)24-11-9-23(10-12-24)18-4-7-21-8-5-18/h1-8,16H,9-15H2/t16-/m1/s1. The molecular formula is C20H23N5O2. The van der Waals surface area contributed by atoms with Gasteiger partial charge in [-0.05, 0) is 24.3 Å². The highest BCUT2D eigenvalue weighted by Crippen LogP contribution is 2.23. The number of amides is 2. The lowest BCUT2D eigenvalue weighted by atomic mass is 10.1. The molecular weight excluding hydrogens is 342 g/mol. The van der Waals surface area contributed by atoms with E-state index in [4.69, 9.17) is 0 Å². The first-order valence-electron chi connectivity index (χ1n) is 9.32. The van der Waals surface area contributed by atoms with E-state index >= 15 is 0 Å². The molecule has 0 saturated carbocycles. The molecule has 0 bridgehead atoms. The zero-order chi connectivity index (χ0) is 18.6. The van der Waals surface area contributed by atoms with Gasteiger partial charge in [-0.25, -0.2) is 0 Å². The Bertz CT molecular complexity index is 791. The van der Waals surface area contributed by atoms with Crippen LogP contribution < -0.4 is 4.90 Å². The number of aromatic nitrogens is 2. The Kier molecular flexibility index (Phi) is 5.00. The zero-order valence-electron chi connectivity index (χ0n) is 15.2. The first-order valence-corrected chi connectivity index (χ1v) is 9.32. The Morgan fingerprint density at radius 1 is 1.04 bits per heavy atom. The van der Waals surface area contributed by atoms with E-state index in [0.29, 0.717) is 32.6 Å². The molecule has 0 aromatic carbocycles. The average Bonchev–Trinajstić information content (AvgIpc) is 3.09. The number of carbonyl (C=O) groups is 2. The van der Waals surface area contributed by atoms with Gasteiger partial charge in [-0.15, -0.1) is 0 Å². The van der Waals surface area contributed by atoms with Crippen molar-refractivity contribution in [2.24, 2.45) is 5.92 Å². The zero-order valence-corrected chi connectivity index (χ0v) is 15.2. The molecule has 2 fully saturated rings. The molecule has 4 rings (SSSR count). The van der Waals surface area contributed by atoms with Crippen LogP contribution in [-0.4, -0.2) is 64.3 Å². The van der Waals surface area contributed by atoms with Crippen molar-refractivity contribution in [1.29, 1.82) is 0 Å². The van der Waals surface area contributed by atoms with E-state index < -0.39 is 0 Å². The molecule has 7 nitrogen and oxygen atoms in total. The molecule has 2 aliphatic rings. The maximum atomic E-state index is 12.9. The van der Waals surface area contributed by atoms with E-state index in [2.05, 4.69) is 14.9 Å². The third-order valence-electron chi connectivity index (χ3n) is 5.26. The summed E-state index contributed by atoms with van der Waals surface area (Å²) in [5, 5.41) is 0. The van der Waals surface area contributed by atoms with Crippen molar-refractivity contribution in [2.45, 2.75) is 13.0 Å². The molecule has 4 heterocycles. The fraction of sp³-hybridized carbons (Fsp3) is 0.400. The Morgan fingerprint density at radius 2 is 1.81 bits per heavy atom. The second-order valence-electron chi connectivity index (χ2n) is 7.01. The maximum Gasteiger partial charge on any atom is 0.228 e. The smallest absolute Gasteiger partial charge is 0.228 e. The number of rotatable bonds is 4.